The Morgan fingerprint density at radius 2 is 1.96 bits per heavy atom. The molecule has 1 aliphatic carbocycles. The maximum absolute atomic E-state index is 13.2. The lowest BCUT2D eigenvalue weighted by atomic mass is 9.71. The van der Waals surface area contributed by atoms with Crippen LogP contribution < -0.4 is 4.74 Å². The van der Waals surface area contributed by atoms with Crippen LogP contribution in [0.4, 0.5) is 0 Å². The Balaban J connectivity index is 1.51. The third-order valence-electron chi connectivity index (χ3n) is 5.53. The fraction of sp³-hybridized carbons (Fsp3) is 0.304. The number of hydrogen-bond acceptors (Lipinski definition) is 3. The number of hydrogen-bond donors (Lipinski definition) is 0. The minimum Gasteiger partial charge on any atom is -0.426 e. The first kappa shape index (κ1) is 18.8. The fourth-order valence-corrected chi connectivity index (χ4v) is 4.33. The summed E-state index contributed by atoms with van der Waals surface area (Å²) in [7, 11) is 0. The molecule has 0 saturated carbocycles. The van der Waals surface area contributed by atoms with Gasteiger partial charge in [0.1, 0.15) is 5.75 Å². The molecule has 3 atom stereocenters. The van der Waals surface area contributed by atoms with Gasteiger partial charge in [0.25, 0.3) is 0 Å². The molecule has 0 N–H and O–H groups in total. The molecule has 1 heterocycles. The van der Waals surface area contributed by atoms with Crippen molar-refractivity contribution in [2.45, 2.75) is 19.4 Å². The van der Waals surface area contributed by atoms with Crippen LogP contribution in [0.15, 0.2) is 66.7 Å². The molecule has 1 saturated heterocycles. The highest BCUT2D eigenvalue weighted by Gasteiger charge is 2.45. The van der Waals surface area contributed by atoms with Crippen LogP contribution in [0.5, 0.6) is 5.75 Å². The third kappa shape index (κ3) is 3.97. The Morgan fingerprint density at radius 1 is 1.14 bits per heavy atom. The molecule has 1 fully saturated rings. The van der Waals surface area contributed by atoms with Gasteiger partial charge in [0.15, 0.2) is 0 Å². The van der Waals surface area contributed by atoms with Crippen molar-refractivity contribution in [1.82, 2.24) is 4.90 Å². The average molecular weight is 396 g/mol. The predicted octanol–water partition coefficient (Wildman–Crippen LogP) is 4.49. The minimum atomic E-state index is -0.472. The number of esters is 1. The SMILES string of the molecule is O=C(Oc1cccc(Cl)c1)[C@H]1CC=CC2CCN(Cc3ccccc3)C(=O)C21. The molecule has 144 valence electrons. The molecule has 5 heteroatoms. The number of fused-ring (bicyclic) bond motifs is 1. The van der Waals surface area contributed by atoms with Crippen LogP contribution in [-0.4, -0.2) is 23.3 Å². The van der Waals surface area contributed by atoms with Gasteiger partial charge in [-0.25, -0.2) is 0 Å². The Labute approximate surface area is 169 Å². The summed E-state index contributed by atoms with van der Waals surface area (Å²) in [5.41, 5.74) is 1.10. The summed E-state index contributed by atoms with van der Waals surface area (Å²) in [6, 6.07) is 16.7. The Kier molecular flexibility index (Phi) is 5.49. The van der Waals surface area contributed by atoms with E-state index in [2.05, 4.69) is 6.08 Å². The second-order valence-electron chi connectivity index (χ2n) is 7.37. The van der Waals surface area contributed by atoms with Gasteiger partial charge in [0, 0.05) is 18.1 Å². The summed E-state index contributed by atoms with van der Waals surface area (Å²) >= 11 is 5.98. The van der Waals surface area contributed by atoms with Crippen LogP contribution in [-0.2, 0) is 16.1 Å². The molecule has 1 aliphatic heterocycles. The maximum Gasteiger partial charge on any atom is 0.315 e. The van der Waals surface area contributed by atoms with Crippen molar-refractivity contribution in [2.75, 3.05) is 6.54 Å². The molecule has 0 bridgehead atoms. The number of amides is 1. The Bertz CT molecular complexity index is 896. The zero-order valence-electron chi connectivity index (χ0n) is 15.5. The van der Waals surface area contributed by atoms with Crippen LogP contribution in [0.25, 0.3) is 0 Å². The van der Waals surface area contributed by atoms with E-state index in [-0.39, 0.29) is 23.7 Å². The van der Waals surface area contributed by atoms with E-state index in [0.717, 1.165) is 12.0 Å². The highest BCUT2D eigenvalue weighted by molar-refractivity contribution is 6.30. The van der Waals surface area contributed by atoms with Gasteiger partial charge in [-0.15, -0.1) is 0 Å². The van der Waals surface area contributed by atoms with Crippen molar-refractivity contribution >= 4 is 23.5 Å². The smallest absolute Gasteiger partial charge is 0.315 e. The Morgan fingerprint density at radius 3 is 2.75 bits per heavy atom. The highest BCUT2D eigenvalue weighted by Crippen LogP contribution is 2.38. The number of ether oxygens (including phenoxy) is 1. The summed E-state index contributed by atoms with van der Waals surface area (Å²) in [4.78, 5) is 28.0. The average Bonchev–Trinajstić information content (AvgIpc) is 2.70. The van der Waals surface area contributed by atoms with E-state index >= 15 is 0 Å². The molecule has 0 radical (unpaired) electrons. The number of carbonyl (C=O) groups excluding carboxylic acids is 2. The summed E-state index contributed by atoms with van der Waals surface area (Å²) in [6.45, 7) is 1.28. The van der Waals surface area contributed by atoms with Gasteiger partial charge in [-0.1, -0.05) is 60.2 Å². The van der Waals surface area contributed by atoms with Crippen molar-refractivity contribution in [3.63, 3.8) is 0 Å². The Hall–Kier alpha value is -2.59. The van der Waals surface area contributed by atoms with E-state index in [1.807, 2.05) is 41.3 Å². The normalized spacial score (nSPS) is 24.0. The molecule has 4 nitrogen and oxygen atoms in total. The fourth-order valence-electron chi connectivity index (χ4n) is 4.15. The molecule has 2 aromatic rings. The number of likely N-dealkylation sites (tertiary alicyclic amines) is 1. The van der Waals surface area contributed by atoms with Crippen molar-refractivity contribution < 1.29 is 14.3 Å². The maximum atomic E-state index is 13.2. The molecule has 0 aromatic heterocycles. The van der Waals surface area contributed by atoms with Crippen LogP contribution >= 0.6 is 11.6 Å². The second-order valence-corrected chi connectivity index (χ2v) is 7.81. The van der Waals surface area contributed by atoms with E-state index < -0.39 is 5.92 Å². The molecular weight excluding hydrogens is 374 g/mol. The van der Waals surface area contributed by atoms with Crippen LogP contribution in [0.3, 0.4) is 0 Å². The van der Waals surface area contributed by atoms with E-state index in [9.17, 15) is 9.59 Å². The summed E-state index contributed by atoms with van der Waals surface area (Å²) < 4.78 is 5.56. The summed E-state index contributed by atoms with van der Waals surface area (Å²) in [5, 5.41) is 0.509. The monoisotopic (exact) mass is 395 g/mol. The number of benzene rings is 2. The van der Waals surface area contributed by atoms with E-state index in [1.165, 1.54) is 0 Å². The van der Waals surface area contributed by atoms with E-state index in [4.69, 9.17) is 16.3 Å². The topological polar surface area (TPSA) is 46.6 Å². The molecule has 2 aliphatic rings. The number of allylic oxidation sites excluding steroid dienone is 2. The lowest BCUT2D eigenvalue weighted by Gasteiger charge is -2.41. The zero-order valence-corrected chi connectivity index (χ0v) is 16.2. The van der Waals surface area contributed by atoms with Gasteiger partial charge in [-0.3, -0.25) is 9.59 Å². The van der Waals surface area contributed by atoms with Crippen LogP contribution in [0.2, 0.25) is 5.02 Å². The molecule has 1 amide bonds. The zero-order chi connectivity index (χ0) is 19.5. The first-order valence-electron chi connectivity index (χ1n) is 9.58. The number of rotatable bonds is 4. The van der Waals surface area contributed by atoms with Crippen molar-refractivity contribution in [3.8, 4) is 5.75 Å². The lowest BCUT2D eigenvalue weighted by Crippen LogP contribution is -2.50. The number of nitrogens with zero attached hydrogens (tertiary/aromatic N) is 1. The molecular formula is C23H22ClNO3. The number of piperidine rings is 1. The summed E-state index contributed by atoms with van der Waals surface area (Å²) in [6.07, 6.45) is 5.48. The third-order valence-corrected chi connectivity index (χ3v) is 5.77. The lowest BCUT2D eigenvalue weighted by molar-refractivity contribution is -0.153. The van der Waals surface area contributed by atoms with Crippen LogP contribution in [0.1, 0.15) is 18.4 Å². The van der Waals surface area contributed by atoms with Gasteiger partial charge >= 0.3 is 5.97 Å². The van der Waals surface area contributed by atoms with Gasteiger partial charge in [0.2, 0.25) is 5.91 Å². The van der Waals surface area contributed by atoms with Gasteiger partial charge in [-0.05, 0) is 42.5 Å². The van der Waals surface area contributed by atoms with E-state index in [1.54, 1.807) is 24.3 Å². The molecule has 2 aromatic carbocycles. The van der Waals surface area contributed by atoms with Crippen molar-refractivity contribution in [1.29, 1.82) is 0 Å². The predicted molar refractivity (Wildman–Crippen MR) is 108 cm³/mol. The van der Waals surface area contributed by atoms with Crippen molar-refractivity contribution in [3.05, 3.63) is 77.3 Å². The molecule has 4 rings (SSSR count). The minimum absolute atomic E-state index is 0.0393. The largest absolute Gasteiger partial charge is 0.426 e. The summed E-state index contributed by atoms with van der Waals surface area (Å²) in [5.74, 6) is -0.665. The standard InChI is InChI=1S/C23H22ClNO3/c24-18-9-5-10-19(14-18)28-23(27)20-11-4-8-17-12-13-25(22(26)21(17)20)15-16-6-2-1-3-7-16/h1-10,14,17,20-21H,11-13,15H2/t17?,20-,21?/m0/s1. The second kappa shape index (κ2) is 8.19. The van der Waals surface area contributed by atoms with Gasteiger partial charge in [-0.2, -0.15) is 0 Å². The first-order chi connectivity index (χ1) is 13.6. The first-order valence-corrected chi connectivity index (χ1v) is 9.96. The number of halogens is 1. The molecule has 0 spiro atoms. The van der Waals surface area contributed by atoms with Gasteiger partial charge in [0.05, 0.1) is 11.8 Å². The van der Waals surface area contributed by atoms with E-state index in [0.29, 0.717) is 30.3 Å². The van der Waals surface area contributed by atoms with Crippen LogP contribution in [0, 0.1) is 17.8 Å². The highest BCUT2D eigenvalue weighted by atomic mass is 35.5. The van der Waals surface area contributed by atoms with Gasteiger partial charge < -0.3 is 9.64 Å². The quantitative estimate of drug-likeness (QED) is 0.435. The van der Waals surface area contributed by atoms with Crippen molar-refractivity contribution in [2.24, 2.45) is 17.8 Å². The molecule has 2 unspecified atom stereocenters. The molecule has 28 heavy (non-hydrogen) atoms. The number of carbonyl (C=O) groups is 2.